The molecule has 3 atom stereocenters. The van der Waals surface area contributed by atoms with E-state index in [0.717, 1.165) is 24.5 Å². The van der Waals surface area contributed by atoms with Crippen molar-refractivity contribution < 1.29 is 4.74 Å². The largest absolute Gasteiger partial charge is 0.375 e. The Labute approximate surface area is 112 Å². The molecule has 0 aromatic rings. The summed E-state index contributed by atoms with van der Waals surface area (Å²) in [5.74, 6) is 1.92. The Morgan fingerprint density at radius 2 is 1.83 bits per heavy atom. The van der Waals surface area contributed by atoms with E-state index in [1.165, 1.54) is 64.2 Å². The first-order valence-corrected chi connectivity index (χ1v) is 8.12. The van der Waals surface area contributed by atoms with Gasteiger partial charge >= 0.3 is 0 Å². The second kappa shape index (κ2) is 5.50. The molecule has 0 bridgehead atoms. The van der Waals surface area contributed by atoms with Crippen LogP contribution in [0.4, 0.5) is 0 Å². The van der Waals surface area contributed by atoms with Crippen LogP contribution in [-0.4, -0.2) is 25.3 Å². The standard InChI is InChI=1S/C16H29NO/c1-17-15-6-4-5-13(11-15)14-7-10-18-16(12-14)8-2-3-9-16/h13-15,17H,2-12H2,1H3. The van der Waals surface area contributed by atoms with Gasteiger partial charge in [-0.3, -0.25) is 0 Å². The van der Waals surface area contributed by atoms with Gasteiger partial charge in [-0.25, -0.2) is 0 Å². The predicted molar refractivity (Wildman–Crippen MR) is 74.7 cm³/mol. The number of hydrogen-bond donors (Lipinski definition) is 1. The van der Waals surface area contributed by atoms with Gasteiger partial charge in [0.15, 0.2) is 0 Å². The van der Waals surface area contributed by atoms with Crippen molar-refractivity contribution in [1.29, 1.82) is 0 Å². The van der Waals surface area contributed by atoms with Gasteiger partial charge in [-0.15, -0.1) is 0 Å². The molecule has 3 rings (SSSR count). The maximum atomic E-state index is 6.19. The van der Waals surface area contributed by atoms with Crippen LogP contribution >= 0.6 is 0 Å². The average Bonchev–Trinajstić information content (AvgIpc) is 2.87. The molecule has 1 N–H and O–H groups in total. The quantitative estimate of drug-likeness (QED) is 0.811. The van der Waals surface area contributed by atoms with E-state index in [0.29, 0.717) is 5.60 Å². The lowest BCUT2D eigenvalue weighted by Gasteiger charge is -2.43. The van der Waals surface area contributed by atoms with Gasteiger partial charge in [0.2, 0.25) is 0 Å². The molecule has 2 saturated carbocycles. The van der Waals surface area contributed by atoms with E-state index in [-0.39, 0.29) is 0 Å². The summed E-state index contributed by atoms with van der Waals surface area (Å²) in [6, 6.07) is 0.783. The van der Waals surface area contributed by atoms with Crippen LogP contribution in [0.15, 0.2) is 0 Å². The predicted octanol–water partition coefficient (Wildman–Crippen LogP) is 3.50. The molecule has 2 nitrogen and oxygen atoms in total. The van der Waals surface area contributed by atoms with Crippen LogP contribution in [-0.2, 0) is 4.74 Å². The Hall–Kier alpha value is -0.0800. The SMILES string of the molecule is CNC1CCCC(C2CCOC3(CCCC3)C2)C1. The molecular formula is C16H29NO. The molecule has 1 saturated heterocycles. The molecule has 2 heteroatoms. The maximum absolute atomic E-state index is 6.19. The lowest BCUT2D eigenvalue weighted by atomic mass is 9.71. The van der Waals surface area contributed by atoms with E-state index in [2.05, 4.69) is 12.4 Å². The molecule has 0 aromatic heterocycles. The van der Waals surface area contributed by atoms with Crippen molar-refractivity contribution in [2.75, 3.05) is 13.7 Å². The molecule has 0 aromatic carbocycles. The molecule has 18 heavy (non-hydrogen) atoms. The van der Waals surface area contributed by atoms with Crippen LogP contribution in [0.1, 0.15) is 64.2 Å². The molecular weight excluding hydrogens is 222 g/mol. The minimum atomic E-state index is 0.315. The summed E-state index contributed by atoms with van der Waals surface area (Å²) >= 11 is 0. The highest BCUT2D eigenvalue weighted by Crippen LogP contribution is 2.46. The van der Waals surface area contributed by atoms with Gasteiger partial charge in [-0.1, -0.05) is 25.7 Å². The zero-order valence-corrected chi connectivity index (χ0v) is 11.9. The van der Waals surface area contributed by atoms with E-state index in [4.69, 9.17) is 4.74 Å². The molecule has 2 aliphatic carbocycles. The summed E-state index contributed by atoms with van der Waals surface area (Å²) in [7, 11) is 2.13. The number of rotatable bonds is 2. The molecule has 104 valence electrons. The van der Waals surface area contributed by atoms with Gasteiger partial charge in [0, 0.05) is 12.6 Å². The fourth-order valence-electron chi connectivity index (χ4n) is 4.75. The first-order chi connectivity index (χ1) is 8.81. The molecule has 3 unspecified atom stereocenters. The first kappa shape index (κ1) is 12.9. The van der Waals surface area contributed by atoms with Gasteiger partial charge in [-0.05, 0) is 57.4 Å². The van der Waals surface area contributed by atoms with Gasteiger partial charge in [0.1, 0.15) is 0 Å². The summed E-state index contributed by atoms with van der Waals surface area (Å²) < 4.78 is 6.19. The van der Waals surface area contributed by atoms with Crippen molar-refractivity contribution in [3.63, 3.8) is 0 Å². The van der Waals surface area contributed by atoms with Crippen LogP contribution in [0.25, 0.3) is 0 Å². The number of hydrogen-bond acceptors (Lipinski definition) is 2. The van der Waals surface area contributed by atoms with Crippen LogP contribution in [0.5, 0.6) is 0 Å². The first-order valence-electron chi connectivity index (χ1n) is 8.12. The van der Waals surface area contributed by atoms with Crippen LogP contribution in [0.3, 0.4) is 0 Å². The molecule has 1 heterocycles. The monoisotopic (exact) mass is 251 g/mol. The maximum Gasteiger partial charge on any atom is 0.0685 e. The van der Waals surface area contributed by atoms with E-state index < -0.39 is 0 Å². The Kier molecular flexibility index (Phi) is 3.95. The fraction of sp³-hybridized carbons (Fsp3) is 1.00. The summed E-state index contributed by atoms with van der Waals surface area (Å²) in [5.41, 5.74) is 0.315. The zero-order chi connectivity index (χ0) is 12.4. The highest BCUT2D eigenvalue weighted by Gasteiger charge is 2.42. The molecule has 3 aliphatic rings. The summed E-state index contributed by atoms with van der Waals surface area (Å²) in [5, 5.41) is 3.50. The van der Waals surface area contributed by atoms with Gasteiger partial charge in [-0.2, -0.15) is 0 Å². The minimum absolute atomic E-state index is 0.315. The van der Waals surface area contributed by atoms with Gasteiger partial charge in [0.05, 0.1) is 5.60 Å². The second-order valence-electron chi connectivity index (χ2n) is 6.90. The lowest BCUT2D eigenvalue weighted by molar-refractivity contribution is -0.105. The summed E-state index contributed by atoms with van der Waals surface area (Å²) in [6.45, 7) is 1.03. The van der Waals surface area contributed by atoms with E-state index >= 15 is 0 Å². The van der Waals surface area contributed by atoms with Crippen molar-refractivity contribution in [2.45, 2.75) is 75.9 Å². The Morgan fingerprint density at radius 1 is 1.00 bits per heavy atom. The van der Waals surface area contributed by atoms with E-state index in [1.54, 1.807) is 0 Å². The summed E-state index contributed by atoms with van der Waals surface area (Å²) in [4.78, 5) is 0. The second-order valence-corrected chi connectivity index (χ2v) is 6.90. The average molecular weight is 251 g/mol. The summed E-state index contributed by atoms with van der Waals surface area (Å²) in [6.07, 6.45) is 13.9. The Bertz CT molecular complexity index is 272. The van der Waals surface area contributed by atoms with Crippen LogP contribution < -0.4 is 5.32 Å². The number of nitrogens with one attached hydrogen (secondary N) is 1. The zero-order valence-electron chi connectivity index (χ0n) is 11.9. The third kappa shape index (κ3) is 2.60. The molecule has 3 fully saturated rings. The highest BCUT2D eigenvalue weighted by molar-refractivity contribution is 4.94. The Morgan fingerprint density at radius 3 is 2.61 bits per heavy atom. The van der Waals surface area contributed by atoms with Crippen LogP contribution in [0, 0.1) is 11.8 Å². The third-order valence-electron chi connectivity index (χ3n) is 5.84. The van der Waals surface area contributed by atoms with Crippen molar-refractivity contribution in [1.82, 2.24) is 5.32 Å². The number of ether oxygens (including phenoxy) is 1. The smallest absolute Gasteiger partial charge is 0.0685 e. The van der Waals surface area contributed by atoms with Crippen molar-refractivity contribution >= 4 is 0 Å². The van der Waals surface area contributed by atoms with Gasteiger partial charge < -0.3 is 10.1 Å². The molecule has 0 amide bonds. The fourth-order valence-corrected chi connectivity index (χ4v) is 4.75. The molecule has 0 radical (unpaired) electrons. The third-order valence-corrected chi connectivity index (χ3v) is 5.84. The highest BCUT2D eigenvalue weighted by atomic mass is 16.5. The Balaban J connectivity index is 1.61. The lowest BCUT2D eigenvalue weighted by Crippen LogP contribution is -2.42. The molecule has 1 spiro atoms. The van der Waals surface area contributed by atoms with E-state index in [9.17, 15) is 0 Å². The van der Waals surface area contributed by atoms with Crippen LogP contribution in [0.2, 0.25) is 0 Å². The topological polar surface area (TPSA) is 21.3 Å². The molecule has 1 aliphatic heterocycles. The van der Waals surface area contributed by atoms with E-state index in [1.807, 2.05) is 0 Å². The van der Waals surface area contributed by atoms with Crippen molar-refractivity contribution in [2.24, 2.45) is 11.8 Å². The normalized spacial score (nSPS) is 40.2. The van der Waals surface area contributed by atoms with Gasteiger partial charge in [0.25, 0.3) is 0 Å². The van der Waals surface area contributed by atoms with Crippen molar-refractivity contribution in [3.05, 3.63) is 0 Å². The minimum Gasteiger partial charge on any atom is -0.375 e. The van der Waals surface area contributed by atoms with Crippen molar-refractivity contribution in [3.8, 4) is 0 Å².